The van der Waals surface area contributed by atoms with Crippen molar-refractivity contribution in [1.82, 2.24) is 10.3 Å². The van der Waals surface area contributed by atoms with Crippen molar-refractivity contribution in [3.63, 3.8) is 0 Å². The molecule has 1 saturated carbocycles. The van der Waals surface area contributed by atoms with Gasteiger partial charge in [0.25, 0.3) is 0 Å². The summed E-state index contributed by atoms with van der Waals surface area (Å²) in [6.45, 7) is 2.08. The first kappa shape index (κ1) is 18.5. The van der Waals surface area contributed by atoms with Crippen molar-refractivity contribution in [2.24, 2.45) is 5.73 Å². The molecule has 1 fully saturated rings. The standard InChI is InChI=1S/C20H27N3O3/c1-2-26-19(25)20(10-6-3-7-11-20)23-18(24)16(21)12-14-13-22-17-9-5-4-8-15(14)17/h4-5,8-9,13,16,22H,2-3,6-7,10-12,21H2,1H3,(H,23,24). The third-order valence-corrected chi connectivity index (χ3v) is 5.19. The summed E-state index contributed by atoms with van der Waals surface area (Å²) in [5.74, 6) is -0.641. The van der Waals surface area contributed by atoms with Gasteiger partial charge >= 0.3 is 5.97 Å². The van der Waals surface area contributed by atoms with Crippen LogP contribution in [0.3, 0.4) is 0 Å². The van der Waals surface area contributed by atoms with E-state index >= 15 is 0 Å². The van der Waals surface area contributed by atoms with Gasteiger partial charge in [-0.3, -0.25) is 4.79 Å². The monoisotopic (exact) mass is 357 g/mol. The van der Waals surface area contributed by atoms with Crippen LogP contribution in [0.25, 0.3) is 10.9 Å². The van der Waals surface area contributed by atoms with E-state index in [0.29, 0.717) is 25.9 Å². The number of ether oxygens (including phenoxy) is 1. The molecule has 1 aromatic heterocycles. The lowest BCUT2D eigenvalue weighted by molar-refractivity contribution is -0.155. The van der Waals surface area contributed by atoms with Gasteiger partial charge in [-0.1, -0.05) is 37.5 Å². The molecule has 0 saturated heterocycles. The number of aromatic amines is 1. The zero-order valence-corrected chi connectivity index (χ0v) is 15.2. The van der Waals surface area contributed by atoms with Gasteiger partial charge in [0.15, 0.2) is 0 Å². The number of benzene rings is 1. The van der Waals surface area contributed by atoms with Gasteiger partial charge < -0.3 is 20.8 Å². The summed E-state index contributed by atoms with van der Waals surface area (Å²) in [5.41, 5.74) is 7.26. The van der Waals surface area contributed by atoms with Crippen molar-refractivity contribution < 1.29 is 14.3 Å². The Balaban J connectivity index is 1.71. The van der Waals surface area contributed by atoms with E-state index in [1.54, 1.807) is 6.92 Å². The number of esters is 1. The molecular weight excluding hydrogens is 330 g/mol. The molecule has 0 radical (unpaired) electrons. The lowest BCUT2D eigenvalue weighted by Gasteiger charge is -2.36. The third kappa shape index (κ3) is 3.75. The molecule has 0 bridgehead atoms. The first-order valence-electron chi connectivity index (χ1n) is 9.35. The molecule has 26 heavy (non-hydrogen) atoms. The SMILES string of the molecule is CCOC(=O)C1(NC(=O)C(N)Cc2c[nH]c3ccccc23)CCCCC1. The summed E-state index contributed by atoms with van der Waals surface area (Å²) in [4.78, 5) is 28.4. The Kier molecular flexibility index (Phi) is 5.61. The van der Waals surface area contributed by atoms with Crippen LogP contribution in [0, 0.1) is 0 Å². The van der Waals surface area contributed by atoms with Gasteiger partial charge in [0, 0.05) is 17.1 Å². The van der Waals surface area contributed by atoms with E-state index in [0.717, 1.165) is 35.7 Å². The summed E-state index contributed by atoms with van der Waals surface area (Å²) in [7, 11) is 0. The van der Waals surface area contributed by atoms with Crippen molar-refractivity contribution in [2.75, 3.05) is 6.61 Å². The number of hydrogen-bond acceptors (Lipinski definition) is 4. The van der Waals surface area contributed by atoms with Crippen LogP contribution < -0.4 is 11.1 Å². The Labute approximate surface area is 153 Å². The number of fused-ring (bicyclic) bond motifs is 1. The molecule has 6 nitrogen and oxygen atoms in total. The van der Waals surface area contributed by atoms with Crippen molar-refractivity contribution in [1.29, 1.82) is 0 Å². The van der Waals surface area contributed by atoms with Crippen LogP contribution in [0.5, 0.6) is 0 Å². The van der Waals surface area contributed by atoms with Gasteiger partial charge in [-0.2, -0.15) is 0 Å². The third-order valence-electron chi connectivity index (χ3n) is 5.19. The zero-order chi connectivity index (χ0) is 18.6. The lowest BCUT2D eigenvalue weighted by atomic mass is 9.81. The van der Waals surface area contributed by atoms with E-state index in [9.17, 15) is 9.59 Å². The highest BCUT2D eigenvalue weighted by Gasteiger charge is 2.42. The van der Waals surface area contributed by atoms with Crippen LogP contribution in [-0.2, 0) is 20.7 Å². The topological polar surface area (TPSA) is 97.2 Å². The minimum Gasteiger partial charge on any atom is -0.464 e. The first-order chi connectivity index (χ1) is 12.6. The summed E-state index contributed by atoms with van der Waals surface area (Å²) in [6.07, 6.45) is 6.38. The maximum absolute atomic E-state index is 12.7. The highest BCUT2D eigenvalue weighted by atomic mass is 16.5. The van der Waals surface area contributed by atoms with Crippen LogP contribution >= 0.6 is 0 Å². The number of H-pyrrole nitrogens is 1. The second-order valence-electron chi connectivity index (χ2n) is 7.02. The highest BCUT2D eigenvalue weighted by molar-refractivity contribution is 5.91. The average molecular weight is 357 g/mol. The molecule has 1 aromatic carbocycles. The summed E-state index contributed by atoms with van der Waals surface area (Å²) >= 11 is 0. The minimum absolute atomic E-state index is 0.301. The number of nitrogens with two attached hydrogens (primary N) is 1. The van der Waals surface area contributed by atoms with Crippen LogP contribution in [0.4, 0.5) is 0 Å². The van der Waals surface area contributed by atoms with Crippen LogP contribution in [0.2, 0.25) is 0 Å². The number of para-hydroxylation sites is 1. The van der Waals surface area contributed by atoms with E-state index in [1.165, 1.54) is 0 Å². The Morgan fingerprint density at radius 3 is 2.73 bits per heavy atom. The number of carbonyl (C=O) groups is 2. The molecule has 3 rings (SSSR count). The quantitative estimate of drug-likeness (QED) is 0.692. The molecule has 1 atom stereocenters. The van der Waals surface area contributed by atoms with E-state index in [2.05, 4.69) is 10.3 Å². The molecular formula is C20H27N3O3. The van der Waals surface area contributed by atoms with Crippen molar-refractivity contribution >= 4 is 22.8 Å². The number of amides is 1. The van der Waals surface area contributed by atoms with E-state index in [1.807, 2.05) is 30.5 Å². The lowest BCUT2D eigenvalue weighted by Crippen LogP contribution is -2.59. The first-order valence-corrected chi connectivity index (χ1v) is 9.35. The average Bonchev–Trinajstić information content (AvgIpc) is 3.05. The van der Waals surface area contributed by atoms with Crippen LogP contribution in [-0.4, -0.2) is 35.0 Å². The predicted molar refractivity (Wildman–Crippen MR) is 101 cm³/mol. The molecule has 1 heterocycles. The van der Waals surface area contributed by atoms with Crippen molar-refractivity contribution in [3.8, 4) is 0 Å². The second kappa shape index (κ2) is 7.91. The molecule has 1 unspecified atom stereocenters. The number of carbonyl (C=O) groups excluding carboxylic acids is 2. The fraction of sp³-hybridized carbons (Fsp3) is 0.500. The highest BCUT2D eigenvalue weighted by Crippen LogP contribution is 2.30. The van der Waals surface area contributed by atoms with Gasteiger partial charge in [-0.05, 0) is 37.8 Å². The van der Waals surface area contributed by atoms with Gasteiger partial charge in [-0.15, -0.1) is 0 Å². The fourth-order valence-corrected chi connectivity index (χ4v) is 3.76. The number of aromatic nitrogens is 1. The van der Waals surface area contributed by atoms with Gasteiger partial charge in [-0.25, -0.2) is 4.79 Å². The Morgan fingerprint density at radius 2 is 2.00 bits per heavy atom. The summed E-state index contributed by atoms with van der Waals surface area (Å²) in [5, 5.41) is 3.99. The predicted octanol–water partition coefficient (Wildman–Crippen LogP) is 2.42. The van der Waals surface area contributed by atoms with E-state index in [-0.39, 0.29) is 11.9 Å². The molecule has 4 N–H and O–H groups in total. The van der Waals surface area contributed by atoms with E-state index in [4.69, 9.17) is 10.5 Å². The Bertz CT molecular complexity index is 777. The van der Waals surface area contributed by atoms with Gasteiger partial charge in [0.2, 0.25) is 5.91 Å². The Morgan fingerprint density at radius 1 is 1.27 bits per heavy atom. The van der Waals surface area contributed by atoms with Gasteiger partial charge in [0.05, 0.1) is 12.6 Å². The van der Waals surface area contributed by atoms with Crippen molar-refractivity contribution in [2.45, 2.75) is 57.0 Å². The molecule has 1 aliphatic carbocycles. The number of hydrogen-bond donors (Lipinski definition) is 3. The van der Waals surface area contributed by atoms with E-state index < -0.39 is 11.6 Å². The number of rotatable bonds is 6. The normalized spacial score (nSPS) is 17.6. The zero-order valence-electron chi connectivity index (χ0n) is 15.2. The second-order valence-corrected chi connectivity index (χ2v) is 7.02. The van der Waals surface area contributed by atoms with Crippen LogP contribution in [0.15, 0.2) is 30.5 Å². The maximum Gasteiger partial charge on any atom is 0.331 e. The molecule has 0 spiro atoms. The maximum atomic E-state index is 12.7. The number of nitrogens with one attached hydrogen (secondary N) is 2. The molecule has 140 valence electrons. The summed E-state index contributed by atoms with van der Waals surface area (Å²) < 4.78 is 5.23. The Hall–Kier alpha value is -2.34. The molecule has 2 aromatic rings. The molecule has 1 amide bonds. The van der Waals surface area contributed by atoms with Gasteiger partial charge in [0.1, 0.15) is 5.54 Å². The summed E-state index contributed by atoms with van der Waals surface area (Å²) in [6, 6.07) is 7.20. The van der Waals surface area contributed by atoms with Crippen molar-refractivity contribution in [3.05, 3.63) is 36.0 Å². The smallest absolute Gasteiger partial charge is 0.331 e. The minimum atomic E-state index is -0.927. The molecule has 1 aliphatic rings. The molecule has 0 aliphatic heterocycles. The molecule has 6 heteroatoms. The fourth-order valence-electron chi connectivity index (χ4n) is 3.76. The largest absolute Gasteiger partial charge is 0.464 e. The van der Waals surface area contributed by atoms with Crippen LogP contribution in [0.1, 0.15) is 44.6 Å².